The second-order valence-electron chi connectivity index (χ2n) is 5.99. The smallest absolute Gasteiger partial charge is 0.243 e. The molecule has 0 radical (unpaired) electrons. The predicted octanol–water partition coefficient (Wildman–Crippen LogP) is 2.31. The Bertz CT molecular complexity index is 766. The number of Topliss-reactive ketones (excluding diaryl/α,β-unsaturated/α-hetero) is 1. The number of carbonyl (C=O) groups is 2. The van der Waals surface area contributed by atoms with Crippen molar-refractivity contribution in [3.05, 3.63) is 40.9 Å². The van der Waals surface area contributed by atoms with Gasteiger partial charge in [-0.3, -0.25) is 9.59 Å². The van der Waals surface area contributed by atoms with Crippen LogP contribution in [0.1, 0.15) is 30.1 Å². The normalized spacial score (nSPS) is 16.4. The van der Waals surface area contributed by atoms with Gasteiger partial charge in [-0.05, 0) is 31.9 Å². The molecule has 6 nitrogen and oxygen atoms in total. The molecule has 25 heavy (non-hydrogen) atoms. The van der Waals surface area contributed by atoms with Gasteiger partial charge in [-0.1, -0.05) is 34.6 Å². The van der Waals surface area contributed by atoms with Gasteiger partial charge in [-0.15, -0.1) is 0 Å². The number of nitrogens with zero attached hydrogens (tertiary/aromatic N) is 1. The molecule has 0 spiro atoms. The zero-order valence-electron chi connectivity index (χ0n) is 14.0. The lowest BCUT2D eigenvalue weighted by atomic mass is 9.97. The molecule has 1 aliphatic heterocycles. The van der Waals surface area contributed by atoms with Crippen molar-refractivity contribution >= 4 is 37.6 Å². The summed E-state index contributed by atoms with van der Waals surface area (Å²) in [5.74, 6) is -0.385. The van der Waals surface area contributed by atoms with E-state index in [4.69, 9.17) is 0 Å². The SMILES string of the molecule is C=C(Br)CNC(=O)C1CCN(S(=O)(=O)c2ccc(C(C)=O)cc2)CC1. The number of carbonyl (C=O) groups excluding carboxylic acids is 2. The molecule has 1 heterocycles. The third-order valence-corrected chi connectivity index (χ3v) is 6.37. The van der Waals surface area contributed by atoms with Gasteiger partial charge in [0.1, 0.15) is 0 Å². The van der Waals surface area contributed by atoms with E-state index in [1.165, 1.54) is 35.5 Å². The summed E-state index contributed by atoms with van der Waals surface area (Å²) in [5.41, 5.74) is 0.475. The predicted molar refractivity (Wildman–Crippen MR) is 99.0 cm³/mol. The van der Waals surface area contributed by atoms with E-state index in [0.29, 0.717) is 42.5 Å². The van der Waals surface area contributed by atoms with Gasteiger partial charge in [0.15, 0.2) is 5.78 Å². The number of ketones is 1. The van der Waals surface area contributed by atoms with E-state index in [9.17, 15) is 18.0 Å². The van der Waals surface area contributed by atoms with Crippen LogP contribution in [0.3, 0.4) is 0 Å². The Morgan fingerprint density at radius 2 is 1.80 bits per heavy atom. The molecule has 2 rings (SSSR count). The first-order chi connectivity index (χ1) is 11.7. The quantitative estimate of drug-likeness (QED) is 0.704. The Labute approximate surface area is 156 Å². The molecule has 1 amide bonds. The van der Waals surface area contributed by atoms with Crippen LogP contribution in [0, 0.1) is 5.92 Å². The first kappa shape index (κ1) is 19.8. The van der Waals surface area contributed by atoms with Crippen molar-refractivity contribution in [3.8, 4) is 0 Å². The summed E-state index contributed by atoms with van der Waals surface area (Å²) in [6.07, 6.45) is 0.955. The molecule has 0 aromatic heterocycles. The lowest BCUT2D eigenvalue weighted by Gasteiger charge is -2.30. The van der Waals surface area contributed by atoms with Crippen LogP contribution in [0.5, 0.6) is 0 Å². The van der Waals surface area contributed by atoms with E-state index in [-0.39, 0.29) is 22.5 Å². The van der Waals surface area contributed by atoms with Gasteiger partial charge >= 0.3 is 0 Å². The molecule has 0 unspecified atom stereocenters. The number of piperidine rings is 1. The van der Waals surface area contributed by atoms with Crippen molar-refractivity contribution in [2.75, 3.05) is 19.6 Å². The molecule has 0 atom stereocenters. The zero-order valence-corrected chi connectivity index (χ0v) is 16.4. The van der Waals surface area contributed by atoms with Gasteiger partial charge in [0.2, 0.25) is 15.9 Å². The molecular weight excluding hydrogens is 408 g/mol. The Balaban J connectivity index is 2.00. The van der Waals surface area contributed by atoms with E-state index in [2.05, 4.69) is 27.8 Å². The maximum atomic E-state index is 12.7. The second kappa shape index (κ2) is 8.25. The first-order valence-corrected chi connectivity index (χ1v) is 10.2. The average molecular weight is 429 g/mol. The maximum Gasteiger partial charge on any atom is 0.243 e. The van der Waals surface area contributed by atoms with Crippen LogP contribution in [-0.4, -0.2) is 44.0 Å². The van der Waals surface area contributed by atoms with Crippen LogP contribution in [0.2, 0.25) is 0 Å². The number of nitrogens with one attached hydrogen (secondary N) is 1. The summed E-state index contributed by atoms with van der Waals surface area (Å²) in [6, 6.07) is 5.93. The fourth-order valence-corrected chi connectivity index (χ4v) is 4.31. The highest BCUT2D eigenvalue weighted by atomic mass is 79.9. The maximum absolute atomic E-state index is 12.7. The summed E-state index contributed by atoms with van der Waals surface area (Å²) in [6.45, 7) is 6.05. The van der Waals surface area contributed by atoms with Crippen LogP contribution >= 0.6 is 15.9 Å². The molecule has 1 saturated heterocycles. The molecule has 1 N–H and O–H groups in total. The van der Waals surface area contributed by atoms with E-state index >= 15 is 0 Å². The Morgan fingerprint density at radius 3 is 2.28 bits per heavy atom. The minimum Gasteiger partial charge on any atom is -0.351 e. The van der Waals surface area contributed by atoms with Crippen LogP contribution < -0.4 is 5.32 Å². The standard InChI is InChI=1S/C17H21BrN2O4S/c1-12(18)11-19-17(22)15-7-9-20(10-8-15)25(23,24)16-5-3-14(4-6-16)13(2)21/h3-6,15H,1,7-11H2,2H3,(H,19,22). The van der Waals surface area contributed by atoms with Gasteiger partial charge in [0.05, 0.1) is 4.90 Å². The van der Waals surface area contributed by atoms with Gasteiger partial charge in [-0.25, -0.2) is 8.42 Å². The minimum atomic E-state index is -3.61. The van der Waals surface area contributed by atoms with Crippen molar-refractivity contribution < 1.29 is 18.0 Å². The molecule has 8 heteroatoms. The molecule has 1 aromatic rings. The number of rotatable bonds is 6. The van der Waals surface area contributed by atoms with E-state index < -0.39 is 10.0 Å². The number of halogens is 1. The lowest BCUT2D eigenvalue weighted by Crippen LogP contribution is -2.43. The first-order valence-electron chi connectivity index (χ1n) is 7.94. The van der Waals surface area contributed by atoms with Gasteiger partial charge < -0.3 is 5.32 Å². The largest absolute Gasteiger partial charge is 0.351 e. The number of benzene rings is 1. The monoisotopic (exact) mass is 428 g/mol. The van der Waals surface area contributed by atoms with E-state index in [1.54, 1.807) is 0 Å². The summed E-state index contributed by atoms with van der Waals surface area (Å²) in [7, 11) is -3.61. The molecule has 0 saturated carbocycles. The van der Waals surface area contributed by atoms with Gasteiger partial charge in [-0.2, -0.15) is 4.31 Å². The van der Waals surface area contributed by atoms with Crippen molar-refractivity contribution in [1.82, 2.24) is 9.62 Å². The lowest BCUT2D eigenvalue weighted by molar-refractivity contribution is -0.125. The van der Waals surface area contributed by atoms with E-state index in [1.807, 2.05) is 0 Å². The molecule has 1 aromatic carbocycles. The third-order valence-electron chi connectivity index (χ3n) is 4.18. The Kier molecular flexibility index (Phi) is 6.53. The van der Waals surface area contributed by atoms with Crippen LogP contribution in [0.25, 0.3) is 0 Å². The van der Waals surface area contributed by atoms with Crippen molar-refractivity contribution in [2.24, 2.45) is 5.92 Å². The van der Waals surface area contributed by atoms with Crippen LogP contribution in [0.4, 0.5) is 0 Å². The molecule has 0 aliphatic carbocycles. The molecule has 1 aliphatic rings. The number of amides is 1. The van der Waals surface area contributed by atoms with Gasteiger partial charge in [0.25, 0.3) is 0 Å². The third kappa shape index (κ3) is 4.99. The topological polar surface area (TPSA) is 83.6 Å². The Hall–Kier alpha value is -1.51. The van der Waals surface area contributed by atoms with E-state index in [0.717, 1.165) is 0 Å². The fourth-order valence-electron chi connectivity index (χ4n) is 2.70. The van der Waals surface area contributed by atoms with Crippen molar-refractivity contribution in [3.63, 3.8) is 0 Å². The molecule has 136 valence electrons. The van der Waals surface area contributed by atoms with Gasteiger partial charge in [0, 0.05) is 35.6 Å². The number of sulfonamides is 1. The molecule has 1 fully saturated rings. The summed E-state index contributed by atoms with van der Waals surface area (Å²) < 4.78 is 27.4. The summed E-state index contributed by atoms with van der Waals surface area (Å²) >= 11 is 3.18. The molecular formula is C17H21BrN2O4S. The highest BCUT2D eigenvalue weighted by molar-refractivity contribution is 9.11. The Morgan fingerprint density at radius 1 is 1.24 bits per heavy atom. The second-order valence-corrected chi connectivity index (χ2v) is 9.05. The number of hydrogen-bond donors (Lipinski definition) is 1. The minimum absolute atomic E-state index is 0.0801. The van der Waals surface area contributed by atoms with Crippen molar-refractivity contribution in [2.45, 2.75) is 24.7 Å². The highest BCUT2D eigenvalue weighted by Gasteiger charge is 2.32. The van der Waals surface area contributed by atoms with Crippen LogP contribution in [0.15, 0.2) is 40.2 Å². The highest BCUT2D eigenvalue weighted by Crippen LogP contribution is 2.24. The average Bonchev–Trinajstić information content (AvgIpc) is 2.59. The zero-order chi connectivity index (χ0) is 18.6. The van der Waals surface area contributed by atoms with Crippen LogP contribution in [-0.2, 0) is 14.8 Å². The summed E-state index contributed by atoms with van der Waals surface area (Å²) in [4.78, 5) is 23.5. The molecule has 0 bridgehead atoms. The fraction of sp³-hybridized carbons (Fsp3) is 0.412. The number of hydrogen-bond acceptors (Lipinski definition) is 4. The summed E-state index contributed by atoms with van der Waals surface area (Å²) in [5, 5.41) is 2.77. The van der Waals surface area contributed by atoms with Crippen molar-refractivity contribution in [1.29, 1.82) is 0 Å².